The van der Waals surface area contributed by atoms with E-state index in [9.17, 15) is 10.1 Å². The standard InChI is InChI=1S/C16H12N2O3/c1-21-13-8-6-11(7-9-13)16-15(18(19)20)10-12-4-2-3-5-14(12)17-16/h2-10H,1H3. The van der Waals surface area contributed by atoms with Gasteiger partial charge in [-0.15, -0.1) is 0 Å². The fraction of sp³-hybridized carbons (Fsp3) is 0.0625. The molecule has 0 radical (unpaired) electrons. The van der Waals surface area contributed by atoms with Crippen molar-refractivity contribution in [3.8, 4) is 17.0 Å². The molecule has 0 bridgehead atoms. The maximum Gasteiger partial charge on any atom is 0.296 e. The van der Waals surface area contributed by atoms with Crippen LogP contribution in [0.25, 0.3) is 22.2 Å². The predicted molar refractivity (Wildman–Crippen MR) is 80.4 cm³/mol. The predicted octanol–water partition coefficient (Wildman–Crippen LogP) is 3.82. The molecule has 0 saturated carbocycles. The number of para-hydroxylation sites is 1. The zero-order valence-corrected chi connectivity index (χ0v) is 11.3. The van der Waals surface area contributed by atoms with Gasteiger partial charge in [0.2, 0.25) is 0 Å². The number of aromatic nitrogens is 1. The van der Waals surface area contributed by atoms with Crippen LogP contribution in [-0.4, -0.2) is 17.0 Å². The van der Waals surface area contributed by atoms with Crippen LogP contribution in [0.3, 0.4) is 0 Å². The molecule has 2 aromatic carbocycles. The van der Waals surface area contributed by atoms with Crippen LogP contribution in [0.1, 0.15) is 0 Å². The van der Waals surface area contributed by atoms with Crippen LogP contribution in [0.4, 0.5) is 5.69 Å². The van der Waals surface area contributed by atoms with Crippen LogP contribution in [-0.2, 0) is 0 Å². The minimum atomic E-state index is -0.404. The second-order valence-electron chi connectivity index (χ2n) is 4.53. The second kappa shape index (κ2) is 5.20. The average molecular weight is 280 g/mol. The van der Waals surface area contributed by atoms with Gasteiger partial charge in [-0.05, 0) is 30.3 Å². The molecule has 3 aromatic rings. The molecule has 0 aliphatic rings. The molecule has 0 saturated heterocycles. The van der Waals surface area contributed by atoms with E-state index in [0.717, 1.165) is 10.9 Å². The summed E-state index contributed by atoms with van der Waals surface area (Å²) in [7, 11) is 1.58. The van der Waals surface area contributed by atoms with E-state index in [2.05, 4.69) is 4.98 Å². The highest BCUT2D eigenvalue weighted by atomic mass is 16.6. The topological polar surface area (TPSA) is 65.3 Å². The summed E-state index contributed by atoms with van der Waals surface area (Å²) in [4.78, 5) is 15.3. The molecule has 0 spiro atoms. The highest BCUT2D eigenvalue weighted by molar-refractivity contribution is 5.86. The molecule has 0 aliphatic heterocycles. The van der Waals surface area contributed by atoms with Crippen LogP contribution in [0.5, 0.6) is 5.75 Å². The minimum absolute atomic E-state index is 0.00105. The molecule has 0 amide bonds. The van der Waals surface area contributed by atoms with Gasteiger partial charge in [0.15, 0.2) is 0 Å². The van der Waals surface area contributed by atoms with E-state index in [0.29, 0.717) is 17.0 Å². The van der Waals surface area contributed by atoms with Crippen molar-refractivity contribution in [2.75, 3.05) is 7.11 Å². The Bertz CT molecular complexity index is 813. The van der Waals surface area contributed by atoms with Gasteiger partial charge in [-0.2, -0.15) is 0 Å². The zero-order chi connectivity index (χ0) is 14.8. The van der Waals surface area contributed by atoms with E-state index < -0.39 is 4.92 Å². The maximum atomic E-state index is 11.3. The van der Waals surface area contributed by atoms with Crippen LogP contribution >= 0.6 is 0 Å². The number of fused-ring (bicyclic) bond motifs is 1. The molecule has 21 heavy (non-hydrogen) atoms. The van der Waals surface area contributed by atoms with Crippen molar-refractivity contribution in [1.29, 1.82) is 0 Å². The molecule has 1 aromatic heterocycles. The van der Waals surface area contributed by atoms with Crippen molar-refractivity contribution in [3.05, 3.63) is 64.7 Å². The van der Waals surface area contributed by atoms with Gasteiger partial charge in [0.05, 0.1) is 17.5 Å². The van der Waals surface area contributed by atoms with Crippen molar-refractivity contribution >= 4 is 16.6 Å². The molecule has 3 rings (SSSR count). The van der Waals surface area contributed by atoms with E-state index >= 15 is 0 Å². The van der Waals surface area contributed by atoms with Crippen LogP contribution in [0.15, 0.2) is 54.6 Å². The number of nitro groups is 1. The smallest absolute Gasteiger partial charge is 0.296 e. The molecule has 0 fully saturated rings. The van der Waals surface area contributed by atoms with Crippen molar-refractivity contribution in [2.45, 2.75) is 0 Å². The molecule has 0 unspecified atom stereocenters. The summed E-state index contributed by atoms with van der Waals surface area (Å²) in [5.74, 6) is 0.696. The fourth-order valence-electron chi connectivity index (χ4n) is 2.21. The zero-order valence-electron chi connectivity index (χ0n) is 11.3. The van der Waals surface area contributed by atoms with E-state index in [1.54, 1.807) is 37.4 Å². The normalized spacial score (nSPS) is 10.5. The summed E-state index contributed by atoms with van der Waals surface area (Å²) in [6.07, 6.45) is 0. The number of nitrogens with zero attached hydrogens (tertiary/aromatic N) is 2. The first-order chi connectivity index (χ1) is 10.2. The highest BCUT2D eigenvalue weighted by Crippen LogP contribution is 2.31. The van der Waals surface area contributed by atoms with Crippen molar-refractivity contribution in [1.82, 2.24) is 4.98 Å². The molecule has 0 aliphatic carbocycles. The lowest BCUT2D eigenvalue weighted by Crippen LogP contribution is -1.96. The SMILES string of the molecule is COc1ccc(-c2nc3ccccc3cc2[N+](=O)[O-])cc1. The number of rotatable bonds is 3. The summed E-state index contributed by atoms with van der Waals surface area (Å²) in [6.45, 7) is 0. The minimum Gasteiger partial charge on any atom is -0.497 e. The Morgan fingerprint density at radius 3 is 2.48 bits per heavy atom. The van der Waals surface area contributed by atoms with Crippen molar-refractivity contribution in [2.24, 2.45) is 0 Å². The molecular formula is C16H12N2O3. The number of benzene rings is 2. The van der Waals surface area contributed by atoms with Crippen LogP contribution in [0, 0.1) is 10.1 Å². The van der Waals surface area contributed by atoms with Crippen molar-refractivity contribution < 1.29 is 9.66 Å². The lowest BCUT2D eigenvalue weighted by atomic mass is 10.1. The Hall–Kier alpha value is -2.95. The maximum absolute atomic E-state index is 11.3. The van der Waals surface area contributed by atoms with Gasteiger partial charge in [0.25, 0.3) is 5.69 Å². The summed E-state index contributed by atoms with van der Waals surface area (Å²) in [5.41, 5.74) is 1.78. The molecular weight excluding hydrogens is 268 g/mol. The fourth-order valence-corrected chi connectivity index (χ4v) is 2.21. The van der Waals surface area contributed by atoms with E-state index in [1.165, 1.54) is 0 Å². The monoisotopic (exact) mass is 280 g/mol. The molecule has 1 heterocycles. The number of pyridine rings is 1. The van der Waals surface area contributed by atoms with Crippen LogP contribution in [0.2, 0.25) is 0 Å². The summed E-state index contributed by atoms with van der Waals surface area (Å²) >= 11 is 0. The van der Waals surface area contributed by atoms with E-state index in [-0.39, 0.29) is 5.69 Å². The molecule has 0 N–H and O–H groups in total. The van der Waals surface area contributed by atoms with Crippen molar-refractivity contribution in [3.63, 3.8) is 0 Å². The lowest BCUT2D eigenvalue weighted by molar-refractivity contribution is -0.384. The highest BCUT2D eigenvalue weighted by Gasteiger charge is 2.18. The Morgan fingerprint density at radius 2 is 1.81 bits per heavy atom. The Morgan fingerprint density at radius 1 is 1.10 bits per heavy atom. The van der Waals surface area contributed by atoms with E-state index in [1.807, 2.05) is 24.3 Å². The molecule has 5 nitrogen and oxygen atoms in total. The van der Waals surface area contributed by atoms with Gasteiger partial charge in [0, 0.05) is 17.0 Å². The second-order valence-corrected chi connectivity index (χ2v) is 4.53. The summed E-state index contributed by atoms with van der Waals surface area (Å²) in [5, 5.41) is 12.1. The first-order valence-corrected chi connectivity index (χ1v) is 6.37. The Balaban J connectivity index is 2.23. The van der Waals surface area contributed by atoms with Gasteiger partial charge in [-0.25, -0.2) is 4.98 Å². The largest absolute Gasteiger partial charge is 0.497 e. The quantitative estimate of drug-likeness (QED) is 0.540. The molecule has 0 atom stereocenters. The molecule has 104 valence electrons. The average Bonchev–Trinajstić information content (AvgIpc) is 2.53. The van der Waals surface area contributed by atoms with E-state index in [4.69, 9.17) is 4.74 Å². The van der Waals surface area contributed by atoms with Gasteiger partial charge in [0.1, 0.15) is 11.4 Å². The first-order valence-electron chi connectivity index (χ1n) is 6.37. The summed E-state index contributed by atoms with van der Waals surface area (Å²) in [6, 6.07) is 16.0. The lowest BCUT2D eigenvalue weighted by Gasteiger charge is -2.06. The third-order valence-corrected chi connectivity index (χ3v) is 3.26. The first kappa shape index (κ1) is 13.1. The molecule has 5 heteroatoms. The van der Waals surface area contributed by atoms with Gasteiger partial charge in [-0.3, -0.25) is 10.1 Å². The van der Waals surface area contributed by atoms with Gasteiger partial charge < -0.3 is 4.74 Å². The van der Waals surface area contributed by atoms with Crippen LogP contribution < -0.4 is 4.74 Å². The number of hydrogen-bond donors (Lipinski definition) is 0. The van der Waals surface area contributed by atoms with Gasteiger partial charge >= 0.3 is 0 Å². The number of methoxy groups -OCH3 is 1. The number of hydrogen-bond acceptors (Lipinski definition) is 4. The Labute approximate surface area is 121 Å². The third-order valence-electron chi connectivity index (χ3n) is 3.26. The van der Waals surface area contributed by atoms with Gasteiger partial charge in [-0.1, -0.05) is 18.2 Å². The number of ether oxygens (including phenoxy) is 1. The third kappa shape index (κ3) is 2.41. The summed E-state index contributed by atoms with van der Waals surface area (Å²) < 4.78 is 5.10. The Kier molecular flexibility index (Phi) is 3.23.